The van der Waals surface area contributed by atoms with Gasteiger partial charge in [0.1, 0.15) is 0 Å². The molecule has 0 saturated carbocycles. The number of guanidine groups is 1. The number of nitrogens with one attached hydrogen (secondary N) is 3. The highest BCUT2D eigenvalue weighted by Gasteiger charge is 2.06. The summed E-state index contributed by atoms with van der Waals surface area (Å²) in [6, 6.07) is 9.73. The molecule has 0 aliphatic rings. The number of aliphatic imine (C=N–C) groups is 1. The highest BCUT2D eigenvalue weighted by atomic mass is 35.5. The molecular formula is C19H25ClN4OS. The van der Waals surface area contributed by atoms with Gasteiger partial charge in [-0.25, -0.2) is 0 Å². The van der Waals surface area contributed by atoms with Crippen molar-refractivity contribution in [2.75, 3.05) is 25.0 Å². The molecule has 2 aromatic rings. The van der Waals surface area contributed by atoms with Crippen LogP contribution in [0.3, 0.4) is 0 Å². The van der Waals surface area contributed by atoms with Crippen LogP contribution in [0.25, 0.3) is 0 Å². The summed E-state index contributed by atoms with van der Waals surface area (Å²) in [4.78, 5) is 17.9. The lowest BCUT2D eigenvalue weighted by atomic mass is 10.2. The van der Waals surface area contributed by atoms with E-state index in [1.54, 1.807) is 11.3 Å². The second kappa shape index (κ2) is 10.8. The highest BCUT2D eigenvalue weighted by molar-refractivity contribution is 7.09. The zero-order valence-electron chi connectivity index (χ0n) is 15.1. The van der Waals surface area contributed by atoms with Crippen molar-refractivity contribution in [1.29, 1.82) is 0 Å². The maximum Gasteiger partial charge on any atom is 0.226 e. The monoisotopic (exact) mass is 392 g/mol. The fraction of sp³-hybridized carbons (Fsp3) is 0.368. The van der Waals surface area contributed by atoms with Crippen molar-refractivity contribution < 1.29 is 4.79 Å². The summed E-state index contributed by atoms with van der Waals surface area (Å²) < 4.78 is 0. The van der Waals surface area contributed by atoms with Gasteiger partial charge < -0.3 is 16.0 Å². The lowest BCUT2D eigenvalue weighted by molar-refractivity contribution is -0.116. The molecule has 5 nitrogen and oxygen atoms in total. The predicted molar refractivity (Wildman–Crippen MR) is 111 cm³/mol. The Morgan fingerprint density at radius 3 is 2.81 bits per heavy atom. The Balaban J connectivity index is 1.76. The normalized spacial score (nSPS) is 11.3. The van der Waals surface area contributed by atoms with E-state index in [-0.39, 0.29) is 5.91 Å². The van der Waals surface area contributed by atoms with Crippen LogP contribution in [0.5, 0.6) is 0 Å². The standard InChI is InChI=1S/C19H25ClN4OS/c1-3-21-19(22-10-8-15-5-4-12-26-15)23-11-9-18(25)24-17-7-6-14(2)13-16(17)20/h4-7,12-13H,3,8-11H2,1-2H3,(H,24,25)(H2,21,22,23). The minimum absolute atomic E-state index is 0.0855. The van der Waals surface area contributed by atoms with E-state index in [0.717, 1.165) is 24.5 Å². The second-order valence-electron chi connectivity index (χ2n) is 5.80. The molecule has 26 heavy (non-hydrogen) atoms. The number of amides is 1. The zero-order chi connectivity index (χ0) is 18.8. The minimum atomic E-state index is -0.0855. The molecule has 0 bridgehead atoms. The molecule has 2 rings (SSSR count). The maximum atomic E-state index is 12.1. The number of hydrogen-bond donors (Lipinski definition) is 3. The number of carbonyl (C=O) groups excluding carboxylic acids is 1. The largest absolute Gasteiger partial charge is 0.357 e. The van der Waals surface area contributed by atoms with Crippen molar-refractivity contribution in [2.45, 2.75) is 26.7 Å². The SMILES string of the molecule is CCNC(=NCCc1cccs1)NCCC(=O)Nc1ccc(C)cc1Cl. The number of thiophene rings is 1. The first-order valence-electron chi connectivity index (χ1n) is 8.69. The lowest BCUT2D eigenvalue weighted by Gasteiger charge is -2.12. The average molecular weight is 393 g/mol. The molecule has 7 heteroatoms. The fourth-order valence-electron chi connectivity index (χ4n) is 2.30. The molecular weight excluding hydrogens is 368 g/mol. The first-order chi connectivity index (χ1) is 12.6. The molecule has 0 aliphatic heterocycles. The Kier molecular flexibility index (Phi) is 8.44. The number of aryl methyl sites for hydroxylation is 1. The van der Waals surface area contributed by atoms with Gasteiger partial charge in [-0.15, -0.1) is 11.3 Å². The van der Waals surface area contributed by atoms with Gasteiger partial charge in [0, 0.05) is 37.4 Å². The van der Waals surface area contributed by atoms with Crippen molar-refractivity contribution in [1.82, 2.24) is 10.6 Å². The van der Waals surface area contributed by atoms with Crippen LogP contribution in [0.15, 0.2) is 40.7 Å². The molecule has 0 atom stereocenters. The third-order valence-corrected chi connectivity index (χ3v) is 4.84. The van der Waals surface area contributed by atoms with Crippen LogP contribution in [0.2, 0.25) is 5.02 Å². The first kappa shape index (κ1) is 20.3. The first-order valence-corrected chi connectivity index (χ1v) is 9.95. The molecule has 0 saturated heterocycles. The van der Waals surface area contributed by atoms with E-state index < -0.39 is 0 Å². The van der Waals surface area contributed by atoms with Crippen molar-refractivity contribution in [3.05, 3.63) is 51.2 Å². The van der Waals surface area contributed by atoms with Crippen LogP contribution in [0, 0.1) is 6.92 Å². The van der Waals surface area contributed by atoms with E-state index in [2.05, 4.69) is 32.4 Å². The fourth-order valence-corrected chi connectivity index (χ4v) is 3.28. The summed E-state index contributed by atoms with van der Waals surface area (Å²) in [5, 5.41) is 11.8. The number of rotatable bonds is 8. The molecule has 0 spiro atoms. The van der Waals surface area contributed by atoms with Crippen LogP contribution in [0.1, 0.15) is 23.8 Å². The van der Waals surface area contributed by atoms with Gasteiger partial charge in [0.05, 0.1) is 10.7 Å². The third kappa shape index (κ3) is 7.06. The van der Waals surface area contributed by atoms with E-state index in [1.807, 2.05) is 38.1 Å². The van der Waals surface area contributed by atoms with Crippen LogP contribution >= 0.6 is 22.9 Å². The van der Waals surface area contributed by atoms with Crippen LogP contribution in [-0.4, -0.2) is 31.5 Å². The molecule has 140 valence electrons. The molecule has 1 amide bonds. The summed E-state index contributed by atoms with van der Waals surface area (Å²) in [5.41, 5.74) is 1.70. The molecule has 3 N–H and O–H groups in total. The van der Waals surface area contributed by atoms with E-state index >= 15 is 0 Å². The summed E-state index contributed by atoms with van der Waals surface area (Å²) in [5.74, 6) is 0.642. The van der Waals surface area contributed by atoms with Gasteiger partial charge in [-0.05, 0) is 43.0 Å². The van der Waals surface area contributed by atoms with Crippen molar-refractivity contribution in [3.8, 4) is 0 Å². The Morgan fingerprint density at radius 1 is 1.27 bits per heavy atom. The Hall–Kier alpha value is -2.05. The van der Waals surface area contributed by atoms with Crippen LogP contribution in [0.4, 0.5) is 5.69 Å². The Morgan fingerprint density at radius 2 is 2.12 bits per heavy atom. The van der Waals surface area contributed by atoms with Gasteiger partial charge in [-0.1, -0.05) is 23.7 Å². The number of halogens is 1. The smallest absolute Gasteiger partial charge is 0.226 e. The third-order valence-electron chi connectivity index (χ3n) is 3.60. The molecule has 0 unspecified atom stereocenters. The number of anilines is 1. The zero-order valence-corrected chi connectivity index (χ0v) is 16.7. The molecule has 1 heterocycles. The summed E-state index contributed by atoms with van der Waals surface area (Å²) in [7, 11) is 0. The summed E-state index contributed by atoms with van der Waals surface area (Å²) in [6.45, 7) is 5.96. The lowest BCUT2D eigenvalue weighted by Crippen LogP contribution is -2.38. The Bertz CT molecular complexity index is 731. The Labute approximate surface area is 163 Å². The van der Waals surface area contributed by atoms with Gasteiger partial charge >= 0.3 is 0 Å². The van der Waals surface area contributed by atoms with E-state index in [4.69, 9.17) is 11.6 Å². The second-order valence-corrected chi connectivity index (χ2v) is 7.24. The summed E-state index contributed by atoms with van der Waals surface area (Å²) in [6.07, 6.45) is 1.25. The maximum absolute atomic E-state index is 12.1. The van der Waals surface area contributed by atoms with Gasteiger partial charge in [-0.3, -0.25) is 9.79 Å². The highest BCUT2D eigenvalue weighted by Crippen LogP contribution is 2.22. The molecule has 0 radical (unpaired) electrons. The predicted octanol–water partition coefficient (Wildman–Crippen LogP) is 3.84. The minimum Gasteiger partial charge on any atom is -0.357 e. The van der Waals surface area contributed by atoms with Gasteiger partial charge in [0.15, 0.2) is 5.96 Å². The quantitative estimate of drug-likeness (QED) is 0.472. The number of carbonyl (C=O) groups is 1. The van der Waals surface area contributed by atoms with E-state index in [0.29, 0.717) is 30.2 Å². The summed E-state index contributed by atoms with van der Waals surface area (Å²) >= 11 is 7.88. The topological polar surface area (TPSA) is 65.5 Å². The number of benzene rings is 1. The van der Waals surface area contributed by atoms with Gasteiger partial charge in [-0.2, -0.15) is 0 Å². The van der Waals surface area contributed by atoms with Crippen LogP contribution < -0.4 is 16.0 Å². The van der Waals surface area contributed by atoms with Gasteiger partial charge in [0.25, 0.3) is 0 Å². The molecule has 0 fully saturated rings. The van der Waals surface area contributed by atoms with Crippen LogP contribution in [-0.2, 0) is 11.2 Å². The van der Waals surface area contributed by atoms with Gasteiger partial charge in [0.2, 0.25) is 5.91 Å². The molecule has 1 aromatic heterocycles. The van der Waals surface area contributed by atoms with E-state index in [1.165, 1.54) is 4.88 Å². The number of hydrogen-bond acceptors (Lipinski definition) is 3. The van der Waals surface area contributed by atoms with Crippen molar-refractivity contribution in [2.24, 2.45) is 4.99 Å². The average Bonchev–Trinajstić information content (AvgIpc) is 3.11. The number of nitrogens with zero attached hydrogens (tertiary/aromatic N) is 1. The van der Waals surface area contributed by atoms with Crippen molar-refractivity contribution >= 4 is 40.5 Å². The van der Waals surface area contributed by atoms with E-state index in [9.17, 15) is 4.79 Å². The van der Waals surface area contributed by atoms with Crippen molar-refractivity contribution in [3.63, 3.8) is 0 Å². The molecule has 1 aromatic carbocycles. The molecule has 0 aliphatic carbocycles.